The van der Waals surface area contributed by atoms with Gasteiger partial charge in [-0.15, -0.1) is 0 Å². The number of aliphatic hydroxyl groups is 1. The summed E-state index contributed by atoms with van der Waals surface area (Å²) >= 11 is 0. The third-order valence-electron chi connectivity index (χ3n) is 1.70. The maximum absolute atomic E-state index is 11.3. The van der Waals surface area contributed by atoms with Crippen molar-refractivity contribution in [1.29, 1.82) is 0 Å². The van der Waals surface area contributed by atoms with E-state index in [1.165, 1.54) is 0 Å². The first-order valence-electron chi connectivity index (χ1n) is 4.24. The van der Waals surface area contributed by atoms with Gasteiger partial charge in [0.1, 0.15) is 5.85 Å². The highest BCUT2D eigenvalue weighted by atomic mass is 31.2. The van der Waals surface area contributed by atoms with Crippen LogP contribution in [-0.4, -0.2) is 28.6 Å². The third kappa shape index (κ3) is 4.21. The lowest BCUT2D eigenvalue weighted by Gasteiger charge is -2.16. The number of aliphatic hydroxyl groups excluding tert-OH is 1. The lowest BCUT2D eigenvalue weighted by Crippen LogP contribution is -2.11. The number of hydrogen-bond donors (Lipinski definition) is 3. The molecule has 0 fully saturated rings. The molecule has 0 saturated heterocycles. The minimum absolute atomic E-state index is 0.130. The maximum Gasteiger partial charge on any atom is 0.228 e. The smallest absolute Gasteiger partial charge is 0.228 e. The van der Waals surface area contributed by atoms with Gasteiger partial charge in [0, 0.05) is 6.16 Å². The highest BCUT2D eigenvalue weighted by molar-refractivity contribution is 7.58. The Morgan fingerprint density at radius 2 is 2.17 bits per heavy atom. The van der Waals surface area contributed by atoms with Gasteiger partial charge in [-0.2, -0.15) is 0 Å². The van der Waals surface area contributed by atoms with Gasteiger partial charge in [-0.05, 0) is 19.4 Å². The summed E-state index contributed by atoms with van der Waals surface area (Å²) in [6.07, 6.45) is 1.73. The molecule has 0 aliphatic rings. The van der Waals surface area contributed by atoms with Crippen LogP contribution in [0.3, 0.4) is 0 Å². The Balaban J connectivity index is 3.91. The molecule has 0 aromatic heterocycles. The predicted octanol–water partition coefficient (Wildman–Crippen LogP) is 0.724. The van der Waals surface area contributed by atoms with Crippen LogP contribution in [0, 0.1) is 0 Å². The Labute approximate surface area is 73.2 Å². The predicted molar refractivity (Wildman–Crippen MR) is 49.3 cm³/mol. The molecule has 0 aliphatic heterocycles. The number of hydrogen-bond acceptors (Lipinski definition) is 3. The fourth-order valence-corrected chi connectivity index (χ4v) is 2.52. The van der Waals surface area contributed by atoms with Gasteiger partial charge in [-0.25, -0.2) is 0 Å². The summed E-state index contributed by atoms with van der Waals surface area (Å²) in [5, 5.41) is 9.25. The van der Waals surface area contributed by atoms with Gasteiger partial charge in [0.25, 0.3) is 0 Å². The molecule has 4 nitrogen and oxygen atoms in total. The molecule has 5 heteroatoms. The summed E-state index contributed by atoms with van der Waals surface area (Å²) in [6, 6.07) is 0. The molecule has 0 heterocycles. The average Bonchev–Trinajstić information content (AvgIpc) is 2.01. The summed E-state index contributed by atoms with van der Waals surface area (Å²) in [4.78, 5) is 9.30. The first-order valence-corrected chi connectivity index (χ1v) is 6.15. The Morgan fingerprint density at radius 1 is 1.58 bits per heavy atom. The van der Waals surface area contributed by atoms with Gasteiger partial charge < -0.3 is 15.7 Å². The van der Waals surface area contributed by atoms with Crippen molar-refractivity contribution in [3.8, 4) is 0 Å². The molecule has 0 radical (unpaired) electrons. The SMILES string of the molecule is CCCC(O)P(=O)(O)CCCN. The monoisotopic (exact) mass is 195 g/mol. The maximum atomic E-state index is 11.3. The van der Waals surface area contributed by atoms with Gasteiger partial charge in [0.2, 0.25) is 7.37 Å². The van der Waals surface area contributed by atoms with Crippen molar-refractivity contribution in [2.75, 3.05) is 12.7 Å². The zero-order chi connectivity index (χ0) is 9.61. The summed E-state index contributed by atoms with van der Waals surface area (Å²) in [5.74, 6) is -1.06. The molecule has 0 bridgehead atoms. The van der Waals surface area contributed by atoms with Gasteiger partial charge in [-0.1, -0.05) is 13.3 Å². The fraction of sp³-hybridized carbons (Fsp3) is 1.00. The first kappa shape index (κ1) is 12.1. The van der Waals surface area contributed by atoms with Crippen molar-refractivity contribution in [1.82, 2.24) is 0 Å². The fourth-order valence-electron chi connectivity index (χ4n) is 0.927. The zero-order valence-corrected chi connectivity index (χ0v) is 8.33. The van der Waals surface area contributed by atoms with E-state index in [1.54, 1.807) is 0 Å². The Kier molecular flexibility index (Phi) is 5.76. The van der Waals surface area contributed by atoms with Crippen LogP contribution in [0.5, 0.6) is 0 Å². The molecule has 0 spiro atoms. The summed E-state index contributed by atoms with van der Waals surface area (Å²) in [7, 11) is -3.34. The van der Waals surface area contributed by atoms with Crippen LogP contribution >= 0.6 is 7.37 Å². The van der Waals surface area contributed by atoms with Crippen LogP contribution in [0.25, 0.3) is 0 Å². The summed E-state index contributed by atoms with van der Waals surface area (Å²) < 4.78 is 11.3. The van der Waals surface area contributed by atoms with E-state index in [2.05, 4.69) is 0 Å². The second kappa shape index (κ2) is 5.70. The van der Waals surface area contributed by atoms with E-state index in [0.717, 1.165) is 0 Å². The second-order valence-electron chi connectivity index (χ2n) is 2.89. The average molecular weight is 195 g/mol. The van der Waals surface area contributed by atoms with Crippen molar-refractivity contribution in [2.45, 2.75) is 32.0 Å². The molecule has 2 atom stereocenters. The van der Waals surface area contributed by atoms with Gasteiger partial charge in [-0.3, -0.25) is 4.57 Å². The van der Waals surface area contributed by atoms with Crippen LogP contribution in [0.15, 0.2) is 0 Å². The Morgan fingerprint density at radius 3 is 2.58 bits per heavy atom. The van der Waals surface area contributed by atoms with Crippen molar-refractivity contribution >= 4 is 7.37 Å². The molecule has 2 unspecified atom stereocenters. The third-order valence-corrected chi connectivity index (χ3v) is 3.84. The lowest BCUT2D eigenvalue weighted by atomic mass is 10.4. The van der Waals surface area contributed by atoms with Crippen molar-refractivity contribution in [3.63, 3.8) is 0 Å². The van der Waals surface area contributed by atoms with E-state index < -0.39 is 13.2 Å². The molecule has 0 aliphatic carbocycles. The minimum atomic E-state index is -3.34. The number of nitrogens with two attached hydrogens (primary N) is 1. The van der Waals surface area contributed by atoms with Crippen LogP contribution in [0.4, 0.5) is 0 Å². The molecule has 12 heavy (non-hydrogen) atoms. The molecule has 0 rings (SSSR count). The second-order valence-corrected chi connectivity index (χ2v) is 5.45. The highest BCUT2D eigenvalue weighted by Gasteiger charge is 2.26. The highest BCUT2D eigenvalue weighted by Crippen LogP contribution is 2.46. The Bertz CT molecular complexity index is 163. The zero-order valence-electron chi connectivity index (χ0n) is 7.44. The van der Waals surface area contributed by atoms with Crippen molar-refractivity contribution in [3.05, 3.63) is 0 Å². The van der Waals surface area contributed by atoms with E-state index in [0.29, 0.717) is 25.8 Å². The van der Waals surface area contributed by atoms with E-state index in [1.807, 2.05) is 6.92 Å². The molecule has 0 amide bonds. The van der Waals surface area contributed by atoms with Crippen LogP contribution < -0.4 is 5.73 Å². The molecule has 0 saturated carbocycles. The van der Waals surface area contributed by atoms with Crippen molar-refractivity contribution in [2.24, 2.45) is 5.73 Å². The molecular weight excluding hydrogens is 177 g/mol. The van der Waals surface area contributed by atoms with E-state index in [9.17, 15) is 14.6 Å². The van der Waals surface area contributed by atoms with Gasteiger partial charge >= 0.3 is 0 Å². The van der Waals surface area contributed by atoms with Crippen LogP contribution in [-0.2, 0) is 4.57 Å². The molecular formula is C7H18NO3P. The van der Waals surface area contributed by atoms with E-state index in [-0.39, 0.29) is 6.16 Å². The van der Waals surface area contributed by atoms with E-state index in [4.69, 9.17) is 5.73 Å². The summed E-state index contributed by atoms with van der Waals surface area (Å²) in [5.41, 5.74) is 5.20. The molecule has 74 valence electrons. The standard InChI is InChI=1S/C7H18NO3P/c1-2-4-7(9)12(10,11)6-3-5-8/h7,9H,2-6,8H2,1H3,(H,10,11). The largest absolute Gasteiger partial charge is 0.383 e. The lowest BCUT2D eigenvalue weighted by molar-refractivity contribution is 0.219. The normalized spacial score (nSPS) is 18.7. The molecule has 0 aromatic carbocycles. The minimum Gasteiger partial charge on any atom is -0.383 e. The first-order chi connectivity index (χ1) is 5.54. The molecule has 0 aromatic rings. The van der Waals surface area contributed by atoms with Crippen molar-refractivity contribution < 1.29 is 14.6 Å². The topological polar surface area (TPSA) is 83.5 Å². The van der Waals surface area contributed by atoms with Gasteiger partial charge in [0.05, 0.1) is 0 Å². The van der Waals surface area contributed by atoms with Crippen LogP contribution in [0.1, 0.15) is 26.2 Å². The van der Waals surface area contributed by atoms with Crippen LogP contribution in [0.2, 0.25) is 0 Å². The number of rotatable bonds is 6. The Hall–Kier alpha value is 0.110. The summed E-state index contributed by atoms with van der Waals surface area (Å²) in [6.45, 7) is 2.26. The van der Waals surface area contributed by atoms with E-state index >= 15 is 0 Å². The van der Waals surface area contributed by atoms with Gasteiger partial charge in [0.15, 0.2) is 0 Å². The quantitative estimate of drug-likeness (QED) is 0.545. The molecule has 4 N–H and O–H groups in total.